The quantitative estimate of drug-likeness (QED) is 0.242. The van der Waals surface area contributed by atoms with Gasteiger partial charge >= 0.3 is 11.9 Å². The number of hydrogen-bond acceptors (Lipinski definition) is 8. The summed E-state index contributed by atoms with van der Waals surface area (Å²) < 4.78 is 11.3. The lowest BCUT2D eigenvalue weighted by Gasteiger charge is -2.61. The maximum Gasteiger partial charge on any atom is 0.344 e. The van der Waals surface area contributed by atoms with Crippen molar-refractivity contribution in [3.8, 4) is 0 Å². The second-order valence-electron chi connectivity index (χ2n) is 12.8. The summed E-state index contributed by atoms with van der Waals surface area (Å²) in [6.07, 6.45) is 6.18. The Morgan fingerprint density at radius 1 is 1.12 bits per heavy atom. The van der Waals surface area contributed by atoms with Gasteiger partial charge in [-0.25, -0.2) is 9.59 Å². The van der Waals surface area contributed by atoms with Crippen molar-refractivity contribution in [3.63, 3.8) is 0 Å². The van der Waals surface area contributed by atoms with Crippen LogP contribution in [-0.2, 0) is 37.1 Å². The minimum absolute atomic E-state index is 0.100. The van der Waals surface area contributed by atoms with Gasteiger partial charge in [-0.15, -0.1) is 6.58 Å². The van der Waals surface area contributed by atoms with Crippen molar-refractivity contribution in [2.75, 3.05) is 6.61 Å². The summed E-state index contributed by atoms with van der Waals surface area (Å²) in [7, 11) is 0. The number of aliphatic hydroxyl groups excluding tert-OH is 3. The molecule has 8 heteroatoms. The van der Waals surface area contributed by atoms with Crippen molar-refractivity contribution >= 4 is 23.8 Å². The fourth-order valence-corrected chi connectivity index (χ4v) is 8.09. The molecule has 3 aliphatic carbocycles. The number of hydrogen-bond donors (Lipinski definition) is 3. The molecular formula is C33H44O8. The Balaban J connectivity index is 1.52. The van der Waals surface area contributed by atoms with Crippen LogP contribution in [0.4, 0.5) is 0 Å². The molecule has 41 heavy (non-hydrogen) atoms. The molecule has 3 N–H and O–H groups in total. The van der Waals surface area contributed by atoms with Crippen molar-refractivity contribution in [1.82, 2.24) is 0 Å². The number of carbonyl (C=O) groups is 3. The SMILES string of the molecule is C=C[C@]1(C)C[C@@H](OC(=O)COC(=O)/C=C/c2ccc(CO)c(CO)c2)[C@]2(C)[C@H](C)CC[C@]3(CCC(=O)[C@H]32)[C@@H](C)[C@@H]1O. The number of ether oxygens (including phenoxy) is 2. The van der Waals surface area contributed by atoms with Crippen LogP contribution in [0, 0.1) is 34.0 Å². The van der Waals surface area contributed by atoms with Gasteiger partial charge in [0.05, 0.1) is 19.3 Å². The fraction of sp³-hybridized carbons (Fsp3) is 0.606. The fourth-order valence-electron chi connectivity index (χ4n) is 8.09. The first-order valence-corrected chi connectivity index (χ1v) is 14.6. The van der Waals surface area contributed by atoms with Gasteiger partial charge < -0.3 is 24.8 Å². The molecule has 0 aromatic heterocycles. The summed E-state index contributed by atoms with van der Waals surface area (Å²) in [6.45, 7) is 11.1. The molecule has 1 aromatic rings. The van der Waals surface area contributed by atoms with Gasteiger partial charge in [0, 0.05) is 29.2 Å². The predicted octanol–water partition coefficient (Wildman–Crippen LogP) is 4.13. The van der Waals surface area contributed by atoms with Crippen molar-refractivity contribution in [2.45, 2.75) is 85.2 Å². The molecule has 0 aliphatic heterocycles. The van der Waals surface area contributed by atoms with Gasteiger partial charge in [0.2, 0.25) is 0 Å². The van der Waals surface area contributed by atoms with Crippen molar-refractivity contribution < 1.29 is 39.2 Å². The first kappa shape index (κ1) is 31.1. The normalized spacial score (nSPS) is 36.8. The highest BCUT2D eigenvalue weighted by Crippen LogP contribution is 2.68. The smallest absolute Gasteiger partial charge is 0.344 e. The van der Waals surface area contributed by atoms with Gasteiger partial charge in [-0.1, -0.05) is 45.9 Å². The van der Waals surface area contributed by atoms with Crippen molar-refractivity contribution in [3.05, 3.63) is 53.6 Å². The lowest BCUT2D eigenvalue weighted by atomic mass is 9.44. The van der Waals surface area contributed by atoms with E-state index in [1.54, 1.807) is 24.3 Å². The van der Waals surface area contributed by atoms with Crippen LogP contribution in [0.5, 0.6) is 0 Å². The Labute approximate surface area is 242 Å². The van der Waals surface area contributed by atoms with E-state index in [1.807, 2.05) is 6.92 Å². The molecule has 1 aromatic carbocycles. The first-order chi connectivity index (χ1) is 19.4. The van der Waals surface area contributed by atoms with Crippen LogP contribution in [0.15, 0.2) is 36.9 Å². The molecule has 4 rings (SSSR count). The number of carbonyl (C=O) groups excluding carboxylic acids is 3. The van der Waals surface area contributed by atoms with Gasteiger partial charge in [0.15, 0.2) is 6.61 Å². The number of esters is 2. The van der Waals surface area contributed by atoms with Gasteiger partial charge in [-0.3, -0.25) is 4.79 Å². The average Bonchev–Trinajstić information content (AvgIpc) is 3.32. The Morgan fingerprint density at radius 2 is 1.83 bits per heavy atom. The highest BCUT2D eigenvalue weighted by atomic mass is 16.6. The van der Waals surface area contributed by atoms with E-state index in [9.17, 15) is 29.7 Å². The van der Waals surface area contributed by atoms with Gasteiger partial charge in [-0.05, 0) is 71.8 Å². The third-order valence-corrected chi connectivity index (χ3v) is 10.9. The molecular weight excluding hydrogens is 524 g/mol. The highest BCUT2D eigenvalue weighted by Gasteiger charge is 2.68. The predicted molar refractivity (Wildman–Crippen MR) is 153 cm³/mol. The van der Waals surface area contributed by atoms with Crippen molar-refractivity contribution in [1.29, 1.82) is 0 Å². The molecule has 8 nitrogen and oxygen atoms in total. The van der Waals surface area contributed by atoms with E-state index < -0.39 is 41.6 Å². The zero-order valence-corrected chi connectivity index (χ0v) is 24.6. The van der Waals surface area contributed by atoms with Crippen LogP contribution in [0.3, 0.4) is 0 Å². The van der Waals surface area contributed by atoms with E-state index in [0.29, 0.717) is 29.5 Å². The minimum Gasteiger partial charge on any atom is -0.459 e. The standard InChI is InChI=1S/C33H44O8/c1-6-31(4)16-26(32(5)20(2)11-13-33(21(3)30(31)39)14-12-25(36)29(32)33)41-28(38)19-40-27(37)10-8-22-7-9-23(17-34)24(15-22)18-35/h6-10,15,20-21,26,29-30,34-35,39H,1,11-14,16-19H2,2-5H3/b10-8+/t20-,21+,26-,29+,30+,31-,32+,33+/m1/s1. The second kappa shape index (κ2) is 11.8. The minimum atomic E-state index is -0.756. The van der Waals surface area contributed by atoms with E-state index in [1.165, 1.54) is 12.2 Å². The average molecular weight is 569 g/mol. The molecule has 3 aliphatic rings. The largest absolute Gasteiger partial charge is 0.459 e. The van der Waals surface area contributed by atoms with Crippen LogP contribution in [0.2, 0.25) is 0 Å². The topological polar surface area (TPSA) is 130 Å². The third kappa shape index (κ3) is 5.42. The third-order valence-electron chi connectivity index (χ3n) is 10.9. The molecule has 8 atom stereocenters. The number of Topliss-reactive ketones (excluding diaryl/α,β-unsaturated/α-hetero) is 1. The van der Waals surface area contributed by atoms with E-state index >= 15 is 0 Å². The molecule has 0 heterocycles. The van der Waals surface area contributed by atoms with E-state index in [-0.39, 0.29) is 42.2 Å². The number of rotatable bonds is 8. The molecule has 2 bridgehead atoms. The van der Waals surface area contributed by atoms with E-state index in [2.05, 4.69) is 27.4 Å². The summed E-state index contributed by atoms with van der Waals surface area (Å²) in [5.41, 5.74) is 0.0132. The van der Waals surface area contributed by atoms with Gasteiger partial charge in [0.25, 0.3) is 0 Å². The monoisotopic (exact) mass is 568 g/mol. The zero-order chi connectivity index (χ0) is 30.2. The summed E-state index contributed by atoms with van der Waals surface area (Å²) in [6, 6.07) is 5.01. The number of aliphatic hydroxyl groups is 3. The highest BCUT2D eigenvalue weighted by molar-refractivity contribution is 5.88. The Bertz CT molecular complexity index is 1220. The van der Waals surface area contributed by atoms with Crippen LogP contribution in [-0.4, -0.2) is 51.9 Å². The Morgan fingerprint density at radius 3 is 2.49 bits per heavy atom. The summed E-state index contributed by atoms with van der Waals surface area (Å²) in [4.78, 5) is 39.0. The molecule has 0 spiro atoms. The zero-order valence-electron chi connectivity index (χ0n) is 24.6. The molecule has 3 saturated carbocycles. The molecule has 224 valence electrons. The molecule has 0 radical (unpaired) electrons. The molecule has 0 unspecified atom stereocenters. The number of benzene rings is 1. The maximum absolute atomic E-state index is 13.5. The van der Waals surface area contributed by atoms with Crippen LogP contribution in [0.1, 0.15) is 76.5 Å². The van der Waals surface area contributed by atoms with Gasteiger partial charge in [-0.2, -0.15) is 0 Å². The maximum atomic E-state index is 13.5. The van der Waals surface area contributed by atoms with Crippen LogP contribution >= 0.6 is 0 Å². The second-order valence-corrected chi connectivity index (χ2v) is 12.8. The Hall–Kier alpha value is -2.81. The Kier molecular flexibility index (Phi) is 8.98. The van der Waals surface area contributed by atoms with E-state index in [4.69, 9.17) is 9.47 Å². The summed E-state index contributed by atoms with van der Waals surface area (Å²) >= 11 is 0. The molecule has 0 amide bonds. The lowest BCUT2D eigenvalue weighted by molar-refractivity contribution is -0.208. The number of ketones is 1. The van der Waals surface area contributed by atoms with E-state index in [0.717, 1.165) is 19.3 Å². The van der Waals surface area contributed by atoms with Gasteiger partial charge in [0.1, 0.15) is 11.9 Å². The summed E-state index contributed by atoms with van der Waals surface area (Å²) in [5, 5.41) is 30.4. The van der Waals surface area contributed by atoms with Crippen LogP contribution in [0.25, 0.3) is 6.08 Å². The lowest BCUT2D eigenvalue weighted by Crippen LogP contribution is -2.63. The first-order valence-electron chi connectivity index (χ1n) is 14.6. The summed E-state index contributed by atoms with van der Waals surface area (Å²) in [5.74, 6) is -1.62. The molecule has 0 saturated heterocycles. The van der Waals surface area contributed by atoms with Crippen molar-refractivity contribution in [2.24, 2.45) is 34.0 Å². The molecule has 3 fully saturated rings. The van der Waals surface area contributed by atoms with Crippen LogP contribution < -0.4 is 0 Å².